The topological polar surface area (TPSA) is 108 Å². The third kappa shape index (κ3) is 7.08. The standard InChI is InChI=1S/C26H24Cl2F2N2O7S2/c27-18-12-31-13-19(28)17(18)11-21(16-5-6-20(39-26(29)30)22(10-16)37-14-15-3-4-15)38-25(33)24-32(7-9-40-24)41(34,35)23-2-1-8-36-23/h1-2,5-6,8,10,12-13,15,21,24,26H,3-4,7,9,11,14H2/t21-,24-/m0/s1. The lowest BCUT2D eigenvalue weighted by molar-refractivity contribution is -0.150. The van der Waals surface area contributed by atoms with E-state index in [1.807, 2.05) is 0 Å². The van der Waals surface area contributed by atoms with Crippen molar-refractivity contribution in [3.05, 3.63) is 70.2 Å². The van der Waals surface area contributed by atoms with Gasteiger partial charge < -0.3 is 18.6 Å². The van der Waals surface area contributed by atoms with E-state index in [-0.39, 0.29) is 39.6 Å². The summed E-state index contributed by atoms with van der Waals surface area (Å²) < 4.78 is 74.9. The highest BCUT2D eigenvalue weighted by Gasteiger charge is 2.43. The van der Waals surface area contributed by atoms with Crippen molar-refractivity contribution < 1.29 is 40.6 Å². The number of esters is 1. The van der Waals surface area contributed by atoms with Crippen LogP contribution in [0.2, 0.25) is 10.0 Å². The van der Waals surface area contributed by atoms with Gasteiger partial charge in [0.25, 0.3) is 10.0 Å². The number of alkyl halides is 2. The van der Waals surface area contributed by atoms with Gasteiger partial charge in [0.1, 0.15) is 6.10 Å². The Morgan fingerprint density at radius 1 is 1.17 bits per heavy atom. The maximum absolute atomic E-state index is 13.5. The maximum atomic E-state index is 13.5. The molecule has 41 heavy (non-hydrogen) atoms. The van der Waals surface area contributed by atoms with E-state index in [9.17, 15) is 22.0 Å². The Kier molecular flexibility index (Phi) is 9.29. The number of carbonyl (C=O) groups excluding carboxylic acids is 1. The zero-order valence-electron chi connectivity index (χ0n) is 21.3. The van der Waals surface area contributed by atoms with Gasteiger partial charge in [-0.3, -0.25) is 4.98 Å². The van der Waals surface area contributed by atoms with E-state index < -0.39 is 34.1 Å². The molecule has 5 rings (SSSR count). The summed E-state index contributed by atoms with van der Waals surface area (Å²) in [5, 5.41) is -1.04. The number of furan rings is 1. The molecule has 1 saturated heterocycles. The van der Waals surface area contributed by atoms with Crippen LogP contribution in [0.15, 0.2) is 58.5 Å². The number of sulfonamides is 1. The maximum Gasteiger partial charge on any atom is 0.387 e. The van der Waals surface area contributed by atoms with Crippen molar-refractivity contribution in [2.75, 3.05) is 18.9 Å². The van der Waals surface area contributed by atoms with Gasteiger partial charge in [0.2, 0.25) is 5.09 Å². The molecule has 1 saturated carbocycles. The van der Waals surface area contributed by atoms with Crippen LogP contribution in [-0.4, -0.2) is 54.6 Å². The summed E-state index contributed by atoms with van der Waals surface area (Å²) in [7, 11) is -4.11. The molecule has 0 radical (unpaired) electrons. The van der Waals surface area contributed by atoms with Crippen LogP contribution in [0.5, 0.6) is 11.5 Å². The molecule has 0 spiro atoms. The normalized spacial score (nSPS) is 18.4. The minimum absolute atomic E-state index is 0.0225. The first-order valence-corrected chi connectivity index (χ1v) is 15.7. The minimum atomic E-state index is -4.11. The lowest BCUT2D eigenvalue weighted by Crippen LogP contribution is -2.40. The fraction of sp³-hybridized carbons (Fsp3) is 0.385. The fourth-order valence-electron chi connectivity index (χ4n) is 4.18. The Hall–Kier alpha value is -2.58. The molecular formula is C26H24Cl2F2N2O7S2. The average molecular weight is 650 g/mol. The zero-order chi connectivity index (χ0) is 29.1. The Bertz CT molecular complexity index is 1470. The minimum Gasteiger partial charge on any atom is -0.489 e. The van der Waals surface area contributed by atoms with Crippen molar-refractivity contribution in [1.29, 1.82) is 0 Å². The number of hydrogen-bond donors (Lipinski definition) is 0. The van der Waals surface area contributed by atoms with E-state index in [1.54, 1.807) is 0 Å². The van der Waals surface area contributed by atoms with E-state index in [4.69, 9.17) is 37.1 Å². The summed E-state index contributed by atoms with van der Waals surface area (Å²) >= 11 is 13.8. The van der Waals surface area contributed by atoms with E-state index in [0.717, 1.165) is 28.9 Å². The second-order valence-corrected chi connectivity index (χ2v) is 13.1. The SMILES string of the molecule is O=C(O[C@@H](Cc1c(Cl)cncc1Cl)c1ccc(OC(F)F)c(OCC2CC2)c1)[C@@H]1SCCN1S(=O)(=O)c1ccco1. The number of carbonyl (C=O) groups is 1. The first kappa shape index (κ1) is 29.9. The van der Waals surface area contributed by atoms with Crippen LogP contribution in [0.3, 0.4) is 0 Å². The molecule has 220 valence electrons. The number of hydrogen-bond acceptors (Lipinski definition) is 9. The van der Waals surface area contributed by atoms with Crippen molar-refractivity contribution in [3.63, 3.8) is 0 Å². The van der Waals surface area contributed by atoms with Crippen molar-refractivity contribution in [3.8, 4) is 11.5 Å². The fourth-order valence-corrected chi connectivity index (χ4v) is 7.65. The largest absolute Gasteiger partial charge is 0.489 e. The Morgan fingerprint density at radius 2 is 1.93 bits per heavy atom. The Balaban J connectivity index is 1.46. The Morgan fingerprint density at radius 3 is 2.59 bits per heavy atom. The van der Waals surface area contributed by atoms with Crippen LogP contribution in [-0.2, 0) is 26.0 Å². The van der Waals surface area contributed by atoms with Crippen molar-refractivity contribution in [2.45, 2.75) is 42.4 Å². The molecular weight excluding hydrogens is 625 g/mol. The molecule has 0 amide bonds. The summed E-state index contributed by atoms with van der Waals surface area (Å²) in [6.45, 7) is -2.69. The quantitative estimate of drug-likeness (QED) is 0.220. The summed E-state index contributed by atoms with van der Waals surface area (Å²) in [5.41, 5.74) is 0.798. The molecule has 2 fully saturated rings. The first-order chi connectivity index (χ1) is 19.6. The number of pyridine rings is 1. The molecule has 0 bridgehead atoms. The molecule has 1 aliphatic carbocycles. The number of benzene rings is 1. The zero-order valence-corrected chi connectivity index (χ0v) is 24.4. The van der Waals surface area contributed by atoms with Crippen LogP contribution >= 0.6 is 35.0 Å². The van der Waals surface area contributed by atoms with E-state index in [1.165, 1.54) is 49.0 Å². The smallest absolute Gasteiger partial charge is 0.387 e. The number of nitrogens with zero attached hydrogens (tertiary/aromatic N) is 2. The first-order valence-electron chi connectivity index (χ1n) is 12.5. The molecule has 2 aliphatic rings. The molecule has 1 aliphatic heterocycles. The highest BCUT2D eigenvalue weighted by Crippen LogP contribution is 2.39. The highest BCUT2D eigenvalue weighted by molar-refractivity contribution is 8.02. The lowest BCUT2D eigenvalue weighted by atomic mass is 10.0. The molecule has 9 nitrogen and oxygen atoms in total. The summed E-state index contributed by atoms with van der Waals surface area (Å²) in [4.78, 5) is 17.5. The van der Waals surface area contributed by atoms with E-state index >= 15 is 0 Å². The van der Waals surface area contributed by atoms with E-state index in [0.29, 0.717) is 29.4 Å². The van der Waals surface area contributed by atoms with Gasteiger partial charge in [-0.2, -0.15) is 13.1 Å². The van der Waals surface area contributed by atoms with Gasteiger partial charge in [-0.05, 0) is 54.2 Å². The van der Waals surface area contributed by atoms with Gasteiger partial charge in [-0.15, -0.1) is 11.8 Å². The van der Waals surface area contributed by atoms with Gasteiger partial charge in [0.15, 0.2) is 16.9 Å². The monoisotopic (exact) mass is 648 g/mol. The van der Waals surface area contributed by atoms with Gasteiger partial charge in [-0.25, -0.2) is 13.2 Å². The number of thioether (sulfide) groups is 1. The predicted octanol–water partition coefficient (Wildman–Crippen LogP) is 5.96. The van der Waals surface area contributed by atoms with Crippen LogP contribution in [0.25, 0.3) is 0 Å². The predicted molar refractivity (Wildman–Crippen MR) is 147 cm³/mol. The summed E-state index contributed by atoms with van der Waals surface area (Å²) in [6.07, 6.45) is 4.86. The number of aromatic nitrogens is 1. The lowest BCUT2D eigenvalue weighted by Gasteiger charge is -2.25. The third-order valence-corrected chi connectivity index (χ3v) is 10.2. The van der Waals surface area contributed by atoms with Crippen LogP contribution in [0.1, 0.15) is 30.1 Å². The van der Waals surface area contributed by atoms with E-state index in [2.05, 4.69) is 9.72 Å². The van der Waals surface area contributed by atoms with Gasteiger partial charge in [-0.1, -0.05) is 29.3 Å². The molecule has 1 aromatic carbocycles. The summed E-state index contributed by atoms with van der Waals surface area (Å²) in [5.74, 6) is -0.271. The average Bonchev–Trinajstić information content (AvgIpc) is 3.36. The highest BCUT2D eigenvalue weighted by atomic mass is 35.5. The third-order valence-electron chi connectivity index (χ3n) is 6.44. The molecule has 15 heteroatoms. The molecule has 0 N–H and O–H groups in total. The van der Waals surface area contributed by atoms with Crippen LogP contribution < -0.4 is 9.47 Å². The second-order valence-electron chi connectivity index (χ2n) is 9.32. The molecule has 3 heterocycles. The molecule has 2 aromatic heterocycles. The van der Waals surface area contributed by atoms with Crippen LogP contribution in [0, 0.1) is 5.92 Å². The van der Waals surface area contributed by atoms with Gasteiger partial charge in [0, 0.05) is 31.1 Å². The van der Waals surface area contributed by atoms with Crippen molar-refractivity contribution >= 4 is 51.0 Å². The number of ether oxygens (including phenoxy) is 3. The molecule has 2 atom stereocenters. The Labute approximate surface area is 249 Å². The number of rotatable bonds is 12. The number of halogens is 4. The molecule has 0 unspecified atom stereocenters. The second kappa shape index (κ2) is 12.7. The van der Waals surface area contributed by atoms with Crippen molar-refractivity contribution in [1.82, 2.24) is 9.29 Å². The molecule has 3 aromatic rings. The summed E-state index contributed by atoms with van der Waals surface area (Å²) in [6, 6.07) is 6.95. The van der Waals surface area contributed by atoms with Crippen LogP contribution in [0.4, 0.5) is 8.78 Å². The van der Waals surface area contributed by atoms with Gasteiger partial charge >= 0.3 is 12.6 Å². The van der Waals surface area contributed by atoms with Crippen molar-refractivity contribution in [2.24, 2.45) is 5.92 Å². The van der Waals surface area contributed by atoms with Gasteiger partial charge in [0.05, 0.1) is 22.9 Å².